The second-order valence-electron chi connectivity index (χ2n) is 10.2. The Morgan fingerprint density at radius 1 is 0.351 bits per heavy atom. The van der Waals surface area contributed by atoms with E-state index >= 15 is 0 Å². The predicted octanol–water partition coefficient (Wildman–Crippen LogP) is 9.90. The number of aryl methyl sites for hydroxylation is 2. The van der Waals surface area contributed by atoms with Gasteiger partial charge in [0.05, 0.1) is 0 Å². The number of benzene rings is 3. The Hall–Kier alpha value is -3.22. The molecule has 3 aromatic carbocycles. The van der Waals surface area contributed by atoms with Gasteiger partial charge in [-0.25, -0.2) is 0 Å². The average molecular weight is 489 g/mol. The van der Waals surface area contributed by atoms with E-state index in [1.165, 1.54) is 94.6 Å². The van der Waals surface area contributed by atoms with E-state index in [4.69, 9.17) is 0 Å². The SMILES string of the molecule is CCCCCCCCc1ccc(C#Cc2ccc(C#Cc3ccc(CCCCCCC)cc3)cc2)cc1. The predicted molar refractivity (Wildman–Crippen MR) is 161 cm³/mol. The summed E-state index contributed by atoms with van der Waals surface area (Å²) >= 11 is 0. The smallest absolute Gasteiger partial charge is 0.0249 e. The molecule has 192 valence electrons. The van der Waals surface area contributed by atoms with Crippen LogP contribution in [0.25, 0.3) is 0 Å². The monoisotopic (exact) mass is 488 g/mol. The second kappa shape index (κ2) is 17.3. The van der Waals surface area contributed by atoms with Crippen molar-refractivity contribution in [3.63, 3.8) is 0 Å². The van der Waals surface area contributed by atoms with Crippen LogP contribution in [0.15, 0.2) is 72.8 Å². The lowest BCUT2D eigenvalue weighted by Gasteiger charge is -2.02. The molecule has 0 radical (unpaired) electrons. The number of rotatable bonds is 13. The summed E-state index contributed by atoms with van der Waals surface area (Å²) < 4.78 is 0. The molecular weight excluding hydrogens is 444 g/mol. The second-order valence-corrected chi connectivity index (χ2v) is 10.2. The van der Waals surface area contributed by atoms with Gasteiger partial charge in [0, 0.05) is 22.3 Å². The van der Waals surface area contributed by atoms with Crippen molar-refractivity contribution in [2.45, 2.75) is 97.3 Å². The molecule has 3 rings (SSSR count). The number of unbranched alkanes of at least 4 members (excludes halogenated alkanes) is 9. The van der Waals surface area contributed by atoms with Crippen LogP contribution in [0.5, 0.6) is 0 Å². The van der Waals surface area contributed by atoms with E-state index in [0.717, 1.165) is 22.3 Å². The van der Waals surface area contributed by atoms with Gasteiger partial charge in [-0.15, -0.1) is 0 Å². The van der Waals surface area contributed by atoms with Gasteiger partial charge in [-0.3, -0.25) is 0 Å². The van der Waals surface area contributed by atoms with E-state index in [1.54, 1.807) is 0 Å². The summed E-state index contributed by atoms with van der Waals surface area (Å²) in [6.07, 6.45) is 17.0. The van der Waals surface area contributed by atoms with Gasteiger partial charge in [-0.2, -0.15) is 0 Å². The van der Waals surface area contributed by atoms with Crippen LogP contribution in [-0.2, 0) is 12.8 Å². The molecule has 0 atom stereocenters. The molecule has 0 aliphatic rings. The minimum absolute atomic E-state index is 1.02. The van der Waals surface area contributed by atoms with E-state index in [2.05, 4.69) is 110 Å². The molecule has 0 bridgehead atoms. The van der Waals surface area contributed by atoms with Crippen molar-refractivity contribution in [2.75, 3.05) is 0 Å². The molecule has 37 heavy (non-hydrogen) atoms. The molecule has 0 spiro atoms. The van der Waals surface area contributed by atoms with E-state index in [0.29, 0.717) is 0 Å². The van der Waals surface area contributed by atoms with Crippen LogP contribution in [0.4, 0.5) is 0 Å². The summed E-state index contributed by atoms with van der Waals surface area (Å²) in [6, 6.07) is 25.7. The average Bonchev–Trinajstić information content (AvgIpc) is 2.94. The molecule has 0 aliphatic heterocycles. The number of hydrogen-bond donors (Lipinski definition) is 0. The molecule has 0 amide bonds. The largest absolute Gasteiger partial charge is 0.0654 e. The summed E-state index contributed by atoms with van der Waals surface area (Å²) in [4.78, 5) is 0. The molecule has 0 saturated heterocycles. The van der Waals surface area contributed by atoms with Crippen LogP contribution < -0.4 is 0 Å². The van der Waals surface area contributed by atoms with Crippen molar-refractivity contribution in [1.82, 2.24) is 0 Å². The first kappa shape index (κ1) is 28.4. The Morgan fingerprint density at radius 3 is 0.946 bits per heavy atom. The Labute approximate surface area is 226 Å². The fourth-order valence-corrected chi connectivity index (χ4v) is 4.48. The maximum atomic E-state index is 3.30. The Bertz CT molecular complexity index is 1140. The van der Waals surface area contributed by atoms with Gasteiger partial charge in [-0.1, -0.05) is 120 Å². The van der Waals surface area contributed by atoms with Gasteiger partial charge in [-0.05, 0) is 85.3 Å². The zero-order chi connectivity index (χ0) is 26.0. The van der Waals surface area contributed by atoms with Gasteiger partial charge in [0.2, 0.25) is 0 Å². The maximum Gasteiger partial charge on any atom is 0.0249 e. The fraction of sp³-hybridized carbons (Fsp3) is 0.405. The molecule has 0 aromatic heterocycles. The maximum absolute atomic E-state index is 3.30. The van der Waals surface area contributed by atoms with E-state index in [9.17, 15) is 0 Å². The molecule has 0 N–H and O–H groups in total. The molecule has 0 nitrogen and oxygen atoms in total. The highest BCUT2D eigenvalue weighted by atomic mass is 14.0. The number of hydrogen-bond acceptors (Lipinski definition) is 0. The summed E-state index contributed by atoms with van der Waals surface area (Å²) in [5.41, 5.74) is 7.01. The lowest BCUT2D eigenvalue weighted by molar-refractivity contribution is 0.607. The van der Waals surface area contributed by atoms with Crippen molar-refractivity contribution < 1.29 is 0 Å². The minimum Gasteiger partial charge on any atom is -0.0654 e. The first-order valence-electron chi connectivity index (χ1n) is 14.6. The summed E-state index contributed by atoms with van der Waals surface area (Å²) in [5, 5.41) is 0. The first-order valence-corrected chi connectivity index (χ1v) is 14.6. The van der Waals surface area contributed by atoms with E-state index in [-0.39, 0.29) is 0 Å². The molecule has 0 fully saturated rings. The van der Waals surface area contributed by atoms with Crippen LogP contribution in [0.3, 0.4) is 0 Å². The molecule has 0 unspecified atom stereocenters. The van der Waals surface area contributed by atoms with Crippen LogP contribution in [0.2, 0.25) is 0 Å². The van der Waals surface area contributed by atoms with E-state index in [1.807, 2.05) is 0 Å². The van der Waals surface area contributed by atoms with Gasteiger partial charge in [0.15, 0.2) is 0 Å². The molecule has 0 saturated carbocycles. The first-order chi connectivity index (χ1) is 18.3. The van der Waals surface area contributed by atoms with Gasteiger partial charge >= 0.3 is 0 Å². The van der Waals surface area contributed by atoms with Crippen LogP contribution in [0.1, 0.15) is 118 Å². The lowest BCUT2D eigenvalue weighted by Crippen LogP contribution is -1.87. The Morgan fingerprint density at radius 2 is 0.622 bits per heavy atom. The highest BCUT2D eigenvalue weighted by Crippen LogP contribution is 2.12. The summed E-state index contributed by atoms with van der Waals surface area (Å²) in [5.74, 6) is 13.2. The lowest BCUT2D eigenvalue weighted by atomic mass is 10.0. The van der Waals surface area contributed by atoms with Gasteiger partial charge in [0.1, 0.15) is 0 Å². The van der Waals surface area contributed by atoms with Crippen molar-refractivity contribution in [2.24, 2.45) is 0 Å². The van der Waals surface area contributed by atoms with Crippen LogP contribution in [0, 0.1) is 23.7 Å². The highest BCUT2D eigenvalue weighted by molar-refractivity contribution is 5.48. The summed E-state index contributed by atoms with van der Waals surface area (Å²) in [6.45, 7) is 4.53. The normalized spacial score (nSPS) is 10.3. The fourth-order valence-electron chi connectivity index (χ4n) is 4.48. The van der Waals surface area contributed by atoms with Crippen LogP contribution in [-0.4, -0.2) is 0 Å². The quantitative estimate of drug-likeness (QED) is 0.166. The standard InChI is InChI=1S/C37H44/c1-3-5-7-9-11-13-15-33-18-22-35(23-19-33)25-27-37-30-28-36(29-31-37)26-24-34-20-16-32(17-21-34)14-12-10-8-6-4-2/h16-23,28-31H,3-15H2,1-2H3. The minimum atomic E-state index is 1.02. The zero-order valence-electron chi connectivity index (χ0n) is 23.1. The third-order valence-corrected chi connectivity index (χ3v) is 6.88. The molecule has 0 heteroatoms. The molecule has 0 heterocycles. The molecule has 0 aliphatic carbocycles. The summed E-state index contributed by atoms with van der Waals surface area (Å²) in [7, 11) is 0. The highest BCUT2D eigenvalue weighted by Gasteiger charge is 1.97. The van der Waals surface area contributed by atoms with Crippen molar-refractivity contribution >= 4 is 0 Å². The van der Waals surface area contributed by atoms with E-state index < -0.39 is 0 Å². The Balaban J connectivity index is 1.44. The topological polar surface area (TPSA) is 0 Å². The van der Waals surface area contributed by atoms with Gasteiger partial charge in [0.25, 0.3) is 0 Å². The molecule has 3 aromatic rings. The van der Waals surface area contributed by atoms with Crippen molar-refractivity contribution in [3.05, 3.63) is 106 Å². The Kier molecular flexibility index (Phi) is 13.2. The van der Waals surface area contributed by atoms with Crippen molar-refractivity contribution in [1.29, 1.82) is 0 Å². The third-order valence-electron chi connectivity index (χ3n) is 6.88. The molecular formula is C37H44. The van der Waals surface area contributed by atoms with Crippen molar-refractivity contribution in [3.8, 4) is 23.7 Å². The van der Waals surface area contributed by atoms with Crippen LogP contribution >= 0.6 is 0 Å². The third kappa shape index (κ3) is 11.6. The zero-order valence-corrected chi connectivity index (χ0v) is 23.1. The van der Waals surface area contributed by atoms with Gasteiger partial charge < -0.3 is 0 Å².